The Kier molecular flexibility index (Phi) is 7.07. The molecule has 170 valence electrons. The zero-order chi connectivity index (χ0) is 22.5. The molecule has 2 aromatic rings. The molecule has 1 atom stereocenters. The van der Waals surface area contributed by atoms with Crippen LogP contribution in [0.2, 0.25) is 0 Å². The minimum atomic E-state index is -0.526. The molecule has 0 spiro atoms. The quantitative estimate of drug-likeness (QED) is 0.721. The lowest BCUT2D eigenvalue weighted by Gasteiger charge is -2.35. The Bertz CT molecular complexity index is 954. The van der Waals surface area contributed by atoms with Crippen LogP contribution in [-0.2, 0) is 20.7 Å². The van der Waals surface area contributed by atoms with Crippen molar-refractivity contribution in [2.24, 2.45) is 0 Å². The number of rotatable bonds is 7. The van der Waals surface area contributed by atoms with Gasteiger partial charge in [-0.05, 0) is 44.0 Å². The monoisotopic (exact) mass is 437 g/mol. The Morgan fingerprint density at radius 3 is 2.59 bits per heavy atom. The zero-order valence-electron chi connectivity index (χ0n) is 18.8. The maximum atomic E-state index is 12.8. The highest BCUT2D eigenvalue weighted by atomic mass is 16.5. The average Bonchev–Trinajstić information content (AvgIpc) is 2.80. The third-order valence-electron chi connectivity index (χ3n) is 5.96. The van der Waals surface area contributed by atoms with Crippen molar-refractivity contribution in [3.05, 3.63) is 53.6 Å². The Morgan fingerprint density at radius 2 is 1.84 bits per heavy atom. The fourth-order valence-electron chi connectivity index (χ4n) is 4.02. The summed E-state index contributed by atoms with van der Waals surface area (Å²) in [5.74, 6) is 0.548. The number of aryl methyl sites for hydroxylation is 2. The molecule has 7 heteroatoms. The molecule has 2 heterocycles. The third kappa shape index (κ3) is 5.47. The second-order valence-electron chi connectivity index (χ2n) is 8.42. The molecule has 0 bridgehead atoms. The van der Waals surface area contributed by atoms with Crippen LogP contribution in [0.3, 0.4) is 0 Å². The summed E-state index contributed by atoms with van der Waals surface area (Å²) in [5.41, 5.74) is 3.72. The number of benzene rings is 2. The number of nitrogens with zero attached hydrogens (tertiary/aromatic N) is 2. The van der Waals surface area contributed by atoms with Crippen molar-refractivity contribution in [2.45, 2.75) is 32.8 Å². The predicted octanol–water partition coefficient (Wildman–Crippen LogP) is 3.01. The second kappa shape index (κ2) is 10.1. The molecule has 0 radical (unpaired) electrons. The molecule has 0 aliphatic carbocycles. The molecule has 1 unspecified atom stereocenters. The van der Waals surface area contributed by atoms with E-state index in [1.165, 1.54) is 5.56 Å². The van der Waals surface area contributed by atoms with Gasteiger partial charge in [-0.15, -0.1) is 0 Å². The lowest BCUT2D eigenvalue weighted by atomic mass is 10.1. The highest BCUT2D eigenvalue weighted by Gasteiger charge is 2.32. The maximum absolute atomic E-state index is 12.8. The number of fused-ring (bicyclic) bond motifs is 1. The van der Waals surface area contributed by atoms with Crippen molar-refractivity contribution >= 4 is 23.2 Å². The Hall–Kier alpha value is -2.90. The molecule has 2 aliphatic heterocycles. The Balaban J connectivity index is 1.41. The number of ether oxygens (including phenoxy) is 2. The first-order valence-corrected chi connectivity index (χ1v) is 11.3. The largest absolute Gasteiger partial charge is 0.479 e. The van der Waals surface area contributed by atoms with Crippen molar-refractivity contribution in [3.63, 3.8) is 0 Å². The summed E-state index contributed by atoms with van der Waals surface area (Å²) in [4.78, 5) is 29.4. The molecule has 0 saturated carbocycles. The van der Waals surface area contributed by atoms with E-state index in [2.05, 4.69) is 34.5 Å². The third-order valence-corrected chi connectivity index (χ3v) is 5.96. The number of morpholine rings is 1. The molecule has 1 fully saturated rings. The predicted molar refractivity (Wildman–Crippen MR) is 124 cm³/mol. The van der Waals surface area contributed by atoms with Crippen molar-refractivity contribution in [1.82, 2.24) is 4.90 Å². The minimum Gasteiger partial charge on any atom is -0.479 e. The van der Waals surface area contributed by atoms with Crippen molar-refractivity contribution < 1.29 is 19.1 Å². The molecule has 2 aliphatic rings. The molecule has 4 rings (SSSR count). The minimum absolute atomic E-state index is 0.0539. The number of carbonyl (C=O) groups excluding carboxylic acids is 2. The zero-order valence-corrected chi connectivity index (χ0v) is 18.8. The number of anilines is 2. The van der Waals surface area contributed by atoms with Crippen LogP contribution in [0.15, 0.2) is 42.5 Å². The Labute approximate surface area is 189 Å². The van der Waals surface area contributed by atoms with E-state index >= 15 is 0 Å². The summed E-state index contributed by atoms with van der Waals surface area (Å²) in [6.45, 7) is 8.36. The molecule has 1 saturated heterocycles. The maximum Gasteiger partial charge on any atom is 0.267 e. The summed E-state index contributed by atoms with van der Waals surface area (Å²) in [6, 6.07) is 13.7. The van der Waals surface area contributed by atoms with Gasteiger partial charge in [0.25, 0.3) is 5.91 Å². The first kappa shape index (κ1) is 22.3. The SMILES string of the molecule is Cc1ccc(CCC(=O)Nc2ccc3c(c2)N(CCN2CCOCC2)C(=O)C(C)O3)cc1. The topological polar surface area (TPSA) is 71.1 Å². The fraction of sp³-hybridized carbons (Fsp3) is 0.440. The average molecular weight is 438 g/mol. The van der Waals surface area contributed by atoms with Crippen molar-refractivity contribution in [2.75, 3.05) is 49.6 Å². The van der Waals surface area contributed by atoms with Gasteiger partial charge in [0.1, 0.15) is 5.75 Å². The second-order valence-corrected chi connectivity index (χ2v) is 8.42. The highest BCUT2D eigenvalue weighted by Crippen LogP contribution is 2.36. The van der Waals surface area contributed by atoms with Crippen LogP contribution in [0, 0.1) is 6.92 Å². The van der Waals surface area contributed by atoms with Gasteiger partial charge >= 0.3 is 0 Å². The van der Waals surface area contributed by atoms with Crippen LogP contribution in [-0.4, -0.2) is 62.2 Å². The standard InChI is InChI=1S/C25H31N3O4/c1-18-3-5-20(6-4-18)7-10-24(29)26-21-8-9-23-22(17-21)28(25(30)19(2)32-23)12-11-27-13-15-31-16-14-27/h3-6,8-9,17,19H,7,10-16H2,1-2H3,(H,26,29). The molecule has 1 N–H and O–H groups in total. The van der Waals surface area contributed by atoms with Crippen LogP contribution >= 0.6 is 0 Å². The van der Waals surface area contributed by atoms with Crippen LogP contribution in [0.1, 0.15) is 24.5 Å². The number of carbonyl (C=O) groups is 2. The van der Waals surface area contributed by atoms with Crippen LogP contribution in [0.4, 0.5) is 11.4 Å². The summed E-state index contributed by atoms with van der Waals surface area (Å²) in [7, 11) is 0. The smallest absolute Gasteiger partial charge is 0.267 e. The van der Waals surface area contributed by atoms with Gasteiger partial charge in [-0.3, -0.25) is 14.5 Å². The van der Waals surface area contributed by atoms with Gasteiger partial charge in [-0.25, -0.2) is 0 Å². The molecule has 2 aromatic carbocycles. The van der Waals surface area contributed by atoms with Gasteiger partial charge in [0.05, 0.1) is 18.9 Å². The highest BCUT2D eigenvalue weighted by molar-refractivity contribution is 6.01. The molecule has 2 amide bonds. The van der Waals surface area contributed by atoms with Crippen molar-refractivity contribution in [3.8, 4) is 5.75 Å². The van der Waals surface area contributed by atoms with E-state index in [0.29, 0.717) is 36.5 Å². The van der Waals surface area contributed by atoms with Gasteiger partial charge in [0.2, 0.25) is 5.91 Å². The summed E-state index contributed by atoms with van der Waals surface area (Å²) in [5, 5.41) is 2.97. The van der Waals surface area contributed by atoms with E-state index in [-0.39, 0.29) is 11.8 Å². The first-order chi connectivity index (χ1) is 15.5. The van der Waals surface area contributed by atoms with E-state index in [1.54, 1.807) is 11.8 Å². The summed E-state index contributed by atoms with van der Waals surface area (Å²) in [6.07, 6.45) is 0.553. The van der Waals surface area contributed by atoms with E-state index in [4.69, 9.17) is 9.47 Å². The molecule has 7 nitrogen and oxygen atoms in total. The number of hydrogen-bond donors (Lipinski definition) is 1. The summed E-state index contributed by atoms with van der Waals surface area (Å²) >= 11 is 0. The van der Waals surface area contributed by atoms with Gasteiger partial charge in [0.15, 0.2) is 6.10 Å². The number of hydrogen-bond acceptors (Lipinski definition) is 5. The fourth-order valence-corrected chi connectivity index (χ4v) is 4.02. The van der Waals surface area contributed by atoms with Gasteiger partial charge in [-0.2, -0.15) is 0 Å². The van der Waals surface area contributed by atoms with Gasteiger partial charge in [0, 0.05) is 38.3 Å². The van der Waals surface area contributed by atoms with Crippen LogP contribution in [0.5, 0.6) is 5.75 Å². The lowest BCUT2D eigenvalue weighted by Crippen LogP contribution is -2.48. The van der Waals surface area contributed by atoms with E-state index in [1.807, 2.05) is 25.1 Å². The van der Waals surface area contributed by atoms with E-state index in [9.17, 15) is 9.59 Å². The van der Waals surface area contributed by atoms with E-state index < -0.39 is 6.10 Å². The molecule has 32 heavy (non-hydrogen) atoms. The Morgan fingerprint density at radius 1 is 1.09 bits per heavy atom. The lowest BCUT2D eigenvalue weighted by molar-refractivity contribution is -0.125. The molecule has 0 aromatic heterocycles. The first-order valence-electron chi connectivity index (χ1n) is 11.3. The molecular formula is C25H31N3O4. The van der Waals surface area contributed by atoms with Gasteiger partial charge < -0.3 is 19.7 Å². The van der Waals surface area contributed by atoms with Crippen LogP contribution < -0.4 is 15.0 Å². The van der Waals surface area contributed by atoms with Crippen molar-refractivity contribution in [1.29, 1.82) is 0 Å². The summed E-state index contributed by atoms with van der Waals surface area (Å²) < 4.78 is 11.2. The van der Waals surface area contributed by atoms with E-state index in [0.717, 1.165) is 38.4 Å². The van der Waals surface area contributed by atoms with Gasteiger partial charge in [-0.1, -0.05) is 29.8 Å². The molecular weight excluding hydrogens is 406 g/mol. The normalized spacial score (nSPS) is 18.8. The number of nitrogens with one attached hydrogen (secondary N) is 1. The van der Waals surface area contributed by atoms with Crippen LogP contribution in [0.25, 0.3) is 0 Å². The number of amides is 2.